The summed E-state index contributed by atoms with van der Waals surface area (Å²) in [6.45, 7) is 4.09. The van der Waals surface area contributed by atoms with Gasteiger partial charge >= 0.3 is 5.69 Å². The highest BCUT2D eigenvalue weighted by molar-refractivity contribution is 5.96. The third-order valence-electron chi connectivity index (χ3n) is 2.79. The van der Waals surface area contributed by atoms with Crippen LogP contribution in [0.15, 0.2) is 4.79 Å². The lowest BCUT2D eigenvalue weighted by Gasteiger charge is -2.28. The number of fused-ring (bicyclic) bond motifs is 1. The highest BCUT2D eigenvalue weighted by atomic mass is 16.2. The van der Waals surface area contributed by atoms with Crippen LogP contribution in [-0.4, -0.2) is 15.3 Å². The van der Waals surface area contributed by atoms with Crippen molar-refractivity contribution in [3.05, 3.63) is 21.9 Å². The van der Waals surface area contributed by atoms with E-state index in [4.69, 9.17) is 0 Å². The standard InChI is InChI=1S/C10H14N2O2/c1-10(2)4-6-8(7(13)5-10)11-9(14)12(6)3/h4-5H2,1-3H3,(H,11,14). The molecule has 0 amide bonds. The zero-order chi connectivity index (χ0) is 10.5. The van der Waals surface area contributed by atoms with Gasteiger partial charge in [-0.1, -0.05) is 13.8 Å². The number of aromatic nitrogens is 2. The Bertz CT molecular complexity index is 451. The SMILES string of the molecule is Cn1c2c([nH]c1=O)C(=O)CC(C)(C)C2. The molecular formula is C10H14N2O2. The predicted molar refractivity (Wildman–Crippen MR) is 52.5 cm³/mol. The molecule has 4 heteroatoms. The van der Waals surface area contributed by atoms with Crippen LogP contribution in [-0.2, 0) is 13.5 Å². The van der Waals surface area contributed by atoms with Crippen LogP contribution in [0, 0.1) is 5.41 Å². The van der Waals surface area contributed by atoms with Gasteiger partial charge in [0.2, 0.25) is 0 Å². The number of hydrogen-bond acceptors (Lipinski definition) is 2. The first kappa shape index (κ1) is 9.24. The number of carbonyl (C=O) groups excluding carboxylic acids is 1. The van der Waals surface area contributed by atoms with Crippen LogP contribution in [0.3, 0.4) is 0 Å². The number of H-pyrrole nitrogens is 1. The number of rotatable bonds is 0. The van der Waals surface area contributed by atoms with E-state index in [1.165, 1.54) is 4.57 Å². The maximum atomic E-state index is 11.7. The van der Waals surface area contributed by atoms with Gasteiger partial charge < -0.3 is 4.98 Å². The summed E-state index contributed by atoms with van der Waals surface area (Å²) in [6.07, 6.45) is 1.29. The molecule has 0 spiro atoms. The van der Waals surface area contributed by atoms with E-state index < -0.39 is 0 Å². The van der Waals surface area contributed by atoms with Crippen molar-refractivity contribution in [2.45, 2.75) is 26.7 Å². The van der Waals surface area contributed by atoms with Crippen LogP contribution in [0.5, 0.6) is 0 Å². The number of nitrogens with one attached hydrogen (secondary N) is 1. The molecule has 2 rings (SSSR count). The Labute approximate surface area is 81.9 Å². The van der Waals surface area contributed by atoms with Crippen LogP contribution in [0.25, 0.3) is 0 Å². The number of hydrogen-bond donors (Lipinski definition) is 1. The molecule has 0 fully saturated rings. The van der Waals surface area contributed by atoms with E-state index >= 15 is 0 Å². The smallest absolute Gasteiger partial charge is 0.303 e. The summed E-state index contributed by atoms with van der Waals surface area (Å²) in [7, 11) is 1.70. The minimum atomic E-state index is -0.193. The molecule has 76 valence electrons. The second-order valence-corrected chi connectivity index (χ2v) is 4.75. The predicted octanol–water partition coefficient (Wildman–Crippen LogP) is 0.869. The highest BCUT2D eigenvalue weighted by Crippen LogP contribution is 2.32. The third-order valence-corrected chi connectivity index (χ3v) is 2.79. The van der Waals surface area contributed by atoms with Gasteiger partial charge in [-0.25, -0.2) is 4.79 Å². The van der Waals surface area contributed by atoms with E-state index in [0.29, 0.717) is 12.1 Å². The zero-order valence-corrected chi connectivity index (χ0v) is 8.68. The normalized spacial score (nSPS) is 19.5. The van der Waals surface area contributed by atoms with Crippen LogP contribution in [0.1, 0.15) is 36.5 Å². The van der Waals surface area contributed by atoms with Gasteiger partial charge in [0.1, 0.15) is 5.69 Å². The Balaban J connectivity index is 2.62. The van der Waals surface area contributed by atoms with Crippen molar-refractivity contribution in [3.63, 3.8) is 0 Å². The van der Waals surface area contributed by atoms with E-state index in [1.54, 1.807) is 7.05 Å². The third kappa shape index (κ3) is 1.22. The molecule has 0 saturated heterocycles. The Morgan fingerprint density at radius 1 is 1.29 bits per heavy atom. The largest absolute Gasteiger partial charge is 0.326 e. The van der Waals surface area contributed by atoms with Gasteiger partial charge in [-0.2, -0.15) is 0 Å². The lowest BCUT2D eigenvalue weighted by molar-refractivity contribution is 0.0905. The number of aromatic amines is 1. The van der Waals surface area contributed by atoms with Gasteiger partial charge in [-0.3, -0.25) is 9.36 Å². The van der Waals surface area contributed by atoms with E-state index in [1.807, 2.05) is 13.8 Å². The van der Waals surface area contributed by atoms with Crippen LogP contribution < -0.4 is 5.69 Å². The summed E-state index contributed by atoms with van der Waals surface area (Å²) in [5.41, 5.74) is 1.13. The first-order chi connectivity index (χ1) is 6.41. The second-order valence-electron chi connectivity index (χ2n) is 4.75. The maximum absolute atomic E-state index is 11.7. The Kier molecular flexibility index (Phi) is 1.71. The molecule has 1 aliphatic carbocycles. The summed E-state index contributed by atoms with van der Waals surface area (Å²) in [5.74, 6) is 0.0500. The number of imidazole rings is 1. The average molecular weight is 194 g/mol. The quantitative estimate of drug-likeness (QED) is 0.666. The molecule has 0 saturated carbocycles. The van der Waals surface area contributed by atoms with Crippen molar-refractivity contribution in [2.75, 3.05) is 0 Å². The van der Waals surface area contributed by atoms with Crippen molar-refractivity contribution in [1.29, 1.82) is 0 Å². The fourth-order valence-electron chi connectivity index (χ4n) is 2.03. The summed E-state index contributed by atoms with van der Waals surface area (Å²) in [6, 6.07) is 0. The lowest BCUT2D eigenvalue weighted by atomic mass is 9.77. The van der Waals surface area contributed by atoms with Crippen molar-refractivity contribution in [2.24, 2.45) is 12.5 Å². The van der Waals surface area contributed by atoms with E-state index in [0.717, 1.165) is 12.1 Å². The summed E-state index contributed by atoms with van der Waals surface area (Å²) < 4.78 is 1.54. The van der Waals surface area contributed by atoms with Gasteiger partial charge in [0.15, 0.2) is 5.78 Å². The fraction of sp³-hybridized carbons (Fsp3) is 0.600. The van der Waals surface area contributed by atoms with Gasteiger partial charge in [0, 0.05) is 13.5 Å². The van der Waals surface area contributed by atoms with Gasteiger partial charge in [-0.15, -0.1) is 0 Å². The first-order valence-corrected chi connectivity index (χ1v) is 4.72. The highest BCUT2D eigenvalue weighted by Gasteiger charge is 2.33. The van der Waals surface area contributed by atoms with Gasteiger partial charge in [-0.05, 0) is 11.8 Å². The molecule has 4 nitrogen and oxygen atoms in total. The van der Waals surface area contributed by atoms with Crippen LogP contribution in [0.2, 0.25) is 0 Å². The van der Waals surface area contributed by atoms with Gasteiger partial charge in [0.25, 0.3) is 0 Å². The number of ketones is 1. The lowest BCUT2D eigenvalue weighted by Crippen LogP contribution is -2.28. The molecule has 0 bridgehead atoms. The van der Waals surface area contributed by atoms with Crippen molar-refractivity contribution in [1.82, 2.24) is 9.55 Å². The molecule has 1 aromatic heterocycles. The molecule has 0 unspecified atom stereocenters. The second kappa shape index (κ2) is 2.59. The molecule has 0 aliphatic heterocycles. The summed E-state index contributed by atoms with van der Waals surface area (Å²) >= 11 is 0. The monoisotopic (exact) mass is 194 g/mol. The maximum Gasteiger partial charge on any atom is 0.326 e. The zero-order valence-electron chi connectivity index (χ0n) is 8.68. The van der Waals surface area contributed by atoms with Crippen molar-refractivity contribution >= 4 is 5.78 Å². The summed E-state index contributed by atoms with van der Waals surface area (Å²) in [5, 5.41) is 0. The van der Waals surface area contributed by atoms with Crippen molar-refractivity contribution < 1.29 is 4.79 Å². The number of Topliss-reactive ketones (excluding diaryl/α,β-unsaturated/α-hetero) is 1. The Morgan fingerprint density at radius 2 is 1.93 bits per heavy atom. The molecule has 1 aromatic rings. The van der Waals surface area contributed by atoms with E-state index in [-0.39, 0.29) is 16.9 Å². The molecule has 0 atom stereocenters. The molecule has 0 radical (unpaired) electrons. The fourth-order valence-corrected chi connectivity index (χ4v) is 2.03. The van der Waals surface area contributed by atoms with Crippen LogP contribution in [0.4, 0.5) is 0 Å². The number of nitrogens with zero attached hydrogens (tertiary/aromatic N) is 1. The van der Waals surface area contributed by atoms with E-state index in [2.05, 4.69) is 4.98 Å². The van der Waals surface area contributed by atoms with Crippen molar-refractivity contribution in [3.8, 4) is 0 Å². The van der Waals surface area contributed by atoms with Gasteiger partial charge in [0.05, 0.1) is 5.69 Å². The molecule has 1 heterocycles. The summed E-state index contributed by atoms with van der Waals surface area (Å²) in [4.78, 5) is 25.6. The minimum Gasteiger partial charge on any atom is -0.303 e. The average Bonchev–Trinajstić information content (AvgIpc) is 2.30. The molecule has 1 aliphatic rings. The molecule has 14 heavy (non-hydrogen) atoms. The van der Waals surface area contributed by atoms with E-state index in [9.17, 15) is 9.59 Å². The topological polar surface area (TPSA) is 54.9 Å². The molecular weight excluding hydrogens is 180 g/mol. The molecule has 0 aromatic carbocycles. The minimum absolute atomic E-state index is 0.0313. The molecule has 1 N–H and O–H groups in total. The Morgan fingerprint density at radius 3 is 2.57 bits per heavy atom. The Hall–Kier alpha value is -1.32. The van der Waals surface area contributed by atoms with Crippen LogP contribution >= 0.6 is 0 Å². The first-order valence-electron chi connectivity index (χ1n) is 4.72. The number of carbonyl (C=O) groups is 1.